The van der Waals surface area contributed by atoms with Crippen LogP contribution in [-0.2, 0) is 4.79 Å². The lowest BCUT2D eigenvalue weighted by molar-refractivity contribution is -0.143. The number of carboxylic acid groups (broad SMARTS) is 1. The number of urea groups is 2. The molecule has 2 unspecified atom stereocenters. The molecule has 1 saturated carbocycles. The van der Waals surface area contributed by atoms with Crippen LogP contribution < -0.4 is 21.7 Å². The molecule has 0 bridgehead atoms. The van der Waals surface area contributed by atoms with Gasteiger partial charge in [-0.1, -0.05) is 12.8 Å². The monoisotopic (exact) mass is 272 g/mol. The van der Waals surface area contributed by atoms with Gasteiger partial charge in [-0.2, -0.15) is 0 Å². The van der Waals surface area contributed by atoms with E-state index in [1.54, 1.807) is 0 Å². The van der Waals surface area contributed by atoms with Gasteiger partial charge in [0, 0.05) is 19.1 Å². The first kappa shape index (κ1) is 15.1. The summed E-state index contributed by atoms with van der Waals surface area (Å²) in [5, 5.41) is 16.6. The molecule has 1 aliphatic rings. The number of carboxylic acids is 1. The summed E-state index contributed by atoms with van der Waals surface area (Å²) in [6, 6.07) is -1.42. The van der Waals surface area contributed by atoms with Gasteiger partial charge in [0.05, 0.1) is 5.92 Å². The van der Waals surface area contributed by atoms with E-state index in [0.29, 0.717) is 12.8 Å². The van der Waals surface area contributed by atoms with Gasteiger partial charge in [0.15, 0.2) is 0 Å². The molecule has 0 saturated heterocycles. The van der Waals surface area contributed by atoms with Gasteiger partial charge in [0.1, 0.15) is 0 Å². The largest absolute Gasteiger partial charge is 0.481 e. The highest BCUT2D eigenvalue weighted by atomic mass is 16.4. The molecule has 0 heterocycles. The molecule has 0 radical (unpaired) electrons. The van der Waals surface area contributed by atoms with E-state index < -0.39 is 23.9 Å². The van der Waals surface area contributed by atoms with Gasteiger partial charge in [-0.25, -0.2) is 9.59 Å². The average Bonchev–Trinajstić information content (AvgIpc) is 2.35. The summed E-state index contributed by atoms with van der Waals surface area (Å²) in [5.74, 6) is -1.40. The lowest BCUT2D eigenvalue weighted by atomic mass is 9.84. The van der Waals surface area contributed by atoms with E-state index in [1.165, 1.54) is 0 Å². The molecular formula is C11H20N4O4. The number of nitrogens with two attached hydrogens (primary N) is 1. The van der Waals surface area contributed by atoms with Crippen molar-refractivity contribution in [2.75, 3.05) is 13.1 Å². The Morgan fingerprint density at radius 1 is 1.11 bits per heavy atom. The van der Waals surface area contributed by atoms with Crippen molar-refractivity contribution in [3.8, 4) is 0 Å². The van der Waals surface area contributed by atoms with Crippen LogP contribution in [0.4, 0.5) is 9.59 Å². The number of primary amides is 1. The SMILES string of the molecule is NC(=O)NCCNC(=O)NC1CCCCC1C(=O)O. The number of carbonyl (C=O) groups excluding carboxylic acids is 2. The highest BCUT2D eigenvalue weighted by molar-refractivity contribution is 5.77. The van der Waals surface area contributed by atoms with Crippen molar-refractivity contribution >= 4 is 18.0 Å². The molecule has 19 heavy (non-hydrogen) atoms. The maximum atomic E-state index is 11.6. The number of amides is 4. The molecule has 6 N–H and O–H groups in total. The van der Waals surface area contributed by atoms with E-state index in [-0.39, 0.29) is 19.1 Å². The van der Waals surface area contributed by atoms with Crippen LogP contribution in [0, 0.1) is 5.92 Å². The van der Waals surface area contributed by atoms with Crippen molar-refractivity contribution < 1.29 is 19.5 Å². The van der Waals surface area contributed by atoms with Crippen LogP contribution in [0.25, 0.3) is 0 Å². The maximum absolute atomic E-state index is 11.6. The fraction of sp³-hybridized carbons (Fsp3) is 0.727. The Labute approximate surface area is 111 Å². The highest BCUT2D eigenvalue weighted by Crippen LogP contribution is 2.24. The molecule has 8 heteroatoms. The predicted molar refractivity (Wildman–Crippen MR) is 67.5 cm³/mol. The van der Waals surface area contributed by atoms with Crippen molar-refractivity contribution in [2.45, 2.75) is 31.7 Å². The van der Waals surface area contributed by atoms with Crippen LogP contribution in [0.5, 0.6) is 0 Å². The molecule has 1 rings (SSSR count). The van der Waals surface area contributed by atoms with Crippen LogP contribution in [0.15, 0.2) is 0 Å². The Morgan fingerprint density at radius 3 is 2.37 bits per heavy atom. The van der Waals surface area contributed by atoms with Crippen LogP contribution in [0.1, 0.15) is 25.7 Å². The van der Waals surface area contributed by atoms with Crippen LogP contribution >= 0.6 is 0 Å². The maximum Gasteiger partial charge on any atom is 0.315 e. The molecule has 4 amide bonds. The number of aliphatic carboxylic acids is 1. The summed E-state index contributed by atoms with van der Waals surface area (Å²) in [4.78, 5) is 33.0. The van der Waals surface area contributed by atoms with E-state index in [4.69, 9.17) is 10.8 Å². The number of hydrogen-bond acceptors (Lipinski definition) is 3. The first-order valence-corrected chi connectivity index (χ1v) is 6.31. The first-order chi connectivity index (χ1) is 9.00. The zero-order chi connectivity index (χ0) is 14.3. The summed E-state index contributed by atoms with van der Waals surface area (Å²) >= 11 is 0. The zero-order valence-corrected chi connectivity index (χ0v) is 10.6. The number of hydrogen-bond donors (Lipinski definition) is 5. The molecule has 2 atom stereocenters. The van der Waals surface area contributed by atoms with E-state index in [9.17, 15) is 14.4 Å². The predicted octanol–water partition coefficient (Wildman–Crippen LogP) is -0.403. The summed E-state index contributed by atoms with van der Waals surface area (Å²) in [5.41, 5.74) is 4.87. The Morgan fingerprint density at radius 2 is 1.74 bits per heavy atom. The lowest BCUT2D eigenvalue weighted by Crippen LogP contribution is -2.50. The molecule has 8 nitrogen and oxygen atoms in total. The van der Waals surface area contributed by atoms with Crippen molar-refractivity contribution in [2.24, 2.45) is 11.7 Å². The van der Waals surface area contributed by atoms with E-state index in [0.717, 1.165) is 12.8 Å². The number of carbonyl (C=O) groups is 3. The molecule has 0 aromatic heterocycles. The van der Waals surface area contributed by atoms with Gasteiger partial charge in [-0.05, 0) is 12.8 Å². The Hall–Kier alpha value is -1.99. The van der Waals surface area contributed by atoms with Gasteiger partial charge in [-0.3, -0.25) is 4.79 Å². The minimum Gasteiger partial charge on any atom is -0.481 e. The van der Waals surface area contributed by atoms with Crippen LogP contribution in [0.2, 0.25) is 0 Å². The van der Waals surface area contributed by atoms with Gasteiger partial charge in [-0.15, -0.1) is 0 Å². The highest BCUT2D eigenvalue weighted by Gasteiger charge is 2.31. The van der Waals surface area contributed by atoms with E-state index >= 15 is 0 Å². The summed E-state index contributed by atoms with van der Waals surface area (Å²) < 4.78 is 0. The van der Waals surface area contributed by atoms with Crippen LogP contribution in [0.3, 0.4) is 0 Å². The van der Waals surface area contributed by atoms with Gasteiger partial charge >= 0.3 is 18.0 Å². The molecular weight excluding hydrogens is 252 g/mol. The molecule has 108 valence electrons. The minimum atomic E-state index is -0.875. The molecule has 0 aliphatic heterocycles. The van der Waals surface area contributed by atoms with Gasteiger partial charge < -0.3 is 26.8 Å². The number of nitrogens with one attached hydrogen (secondary N) is 3. The van der Waals surface area contributed by atoms with Crippen LogP contribution in [-0.4, -0.2) is 42.3 Å². The summed E-state index contributed by atoms with van der Waals surface area (Å²) in [6.07, 6.45) is 3.05. The summed E-state index contributed by atoms with van der Waals surface area (Å²) in [7, 11) is 0. The fourth-order valence-corrected chi connectivity index (χ4v) is 2.18. The Kier molecular flexibility index (Phi) is 5.91. The van der Waals surface area contributed by atoms with Gasteiger partial charge in [0.25, 0.3) is 0 Å². The second-order valence-corrected chi connectivity index (χ2v) is 4.53. The quantitative estimate of drug-likeness (QED) is 0.435. The molecule has 1 fully saturated rings. The summed E-state index contributed by atoms with van der Waals surface area (Å²) in [6.45, 7) is 0.467. The third kappa shape index (κ3) is 5.45. The fourth-order valence-electron chi connectivity index (χ4n) is 2.18. The third-order valence-electron chi connectivity index (χ3n) is 3.11. The molecule has 0 aromatic carbocycles. The topological polar surface area (TPSA) is 134 Å². The van der Waals surface area contributed by atoms with E-state index in [2.05, 4.69) is 16.0 Å². The molecule has 0 spiro atoms. The van der Waals surface area contributed by atoms with Crippen molar-refractivity contribution in [3.63, 3.8) is 0 Å². The standard InChI is InChI=1S/C11H20N4O4/c12-10(18)13-5-6-14-11(19)15-8-4-2-1-3-7(8)9(16)17/h7-8H,1-6H2,(H,16,17)(H3,12,13,18)(H2,14,15,19). The normalized spacial score (nSPS) is 22.3. The van der Waals surface area contributed by atoms with Gasteiger partial charge in [0.2, 0.25) is 0 Å². The zero-order valence-electron chi connectivity index (χ0n) is 10.6. The Bertz CT molecular complexity index is 348. The second-order valence-electron chi connectivity index (χ2n) is 4.53. The average molecular weight is 272 g/mol. The first-order valence-electron chi connectivity index (χ1n) is 6.31. The van der Waals surface area contributed by atoms with Crippen molar-refractivity contribution in [1.29, 1.82) is 0 Å². The van der Waals surface area contributed by atoms with Crippen molar-refractivity contribution in [3.05, 3.63) is 0 Å². The Balaban J connectivity index is 2.29. The molecule has 1 aliphatic carbocycles. The van der Waals surface area contributed by atoms with Crippen molar-refractivity contribution in [1.82, 2.24) is 16.0 Å². The third-order valence-corrected chi connectivity index (χ3v) is 3.11. The van der Waals surface area contributed by atoms with E-state index in [1.807, 2.05) is 0 Å². The second kappa shape index (κ2) is 7.45. The molecule has 0 aromatic rings. The number of rotatable bonds is 5. The smallest absolute Gasteiger partial charge is 0.315 e. The lowest BCUT2D eigenvalue weighted by Gasteiger charge is -2.29. The minimum absolute atomic E-state index is 0.232.